The van der Waals surface area contributed by atoms with E-state index in [2.05, 4.69) is 17.3 Å². The van der Waals surface area contributed by atoms with Gasteiger partial charge in [0.2, 0.25) is 0 Å². The molecule has 2 aliphatic rings. The molecular weight excluding hydrogens is 267 g/mol. The highest BCUT2D eigenvalue weighted by Crippen LogP contribution is 2.20. The highest BCUT2D eigenvalue weighted by Gasteiger charge is 2.32. The van der Waals surface area contributed by atoms with Gasteiger partial charge in [0.25, 0.3) is 0 Å². The number of alkyl halides is 3. The third-order valence-corrected chi connectivity index (χ3v) is 4.41. The maximum absolute atomic E-state index is 12.3. The predicted octanol–water partition coefficient (Wildman–Crippen LogP) is 1.94. The molecule has 0 saturated carbocycles. The lowest BCUT2D eigenvalue weighted by Gasteiger charge is -2.35. The number of likely N-dealkylation sites (tertiary alicyclic amines) is 2. The summed E-state index contributed by atoms with van der Waals surface area (Å²) in [5, 5.41) is 3.56. The van der Waals surface area contributed by atoms with E-state index >= 15 is 0 Å². The van der Waals surface area contributed by atoms with E-state index in [-0.39, 0.29) is 0 Å². The first kappa shape index (κ1) is 16.0. The van der Waals surface area contributed by atoms with Crippen LogP contribution in [-0.4, -0.2) is 68.3 Å². The molecule has 0 aliphatic carbocycles. The molecule has 0 aromatic heterocycles. The predicted molar refractivity (Wildman–Crippen MR) is 73.7 cm³/mol. The van der Waals surface area contributed by atoms with Crippen LogP contribution in [0.15, 0.2) is 0 Å². The summed E-state index contributed by atoms with van der Waals surface area (Å²) in [6, 6.07) is 0.395. The normalized spacial score (nSPS) is 27.9. The largest absolute Gasteiger partial charge is 0.401 e. The van der Waals surface area contributed by atoms with Crippen molar-refractivity contribution in [2.75, 3.05) is 46.3 Å². The molecule has 20 heavy (non-hydrogen) atoms. The average molecular weight is 293 g/mol. The molecular formula is C14H26F3N3. The molecule has 118 valence electrons. The van der Waals surface area contributed by atoms with E-state index in [0.717, 1.165) is 25.9 Å². The topological polar surface area (TPSA) is 18.5 Å². The lowest BCUT2D eigenvalue weighted by Crippen LogP contribution is -2.47. The Balaban J connectivity index is 1.62. The third-order valence-electron chi connectivity index (χ3n) is 4.41. The molecule has 0 aromatic rings. The van der Waals surface area contributed by atoms with Gasteiger partial charge in [0.05, 0.1) is 6.54 Å². The SMILES string of the molecule is CN1CCCC(CNC2CCN(CC(F)(F)F)CC2)C1. The third kappa shape index (κ3) is 5.58. The second-order valence-corrected chi connectivity index (χ2v) is 6.34. The quantitative estimate of drug-likeness (QED) is 0.854. The zero-order valence-electron chi connectivity index (χ0n) is 12.3. The first-order valence-corrected chi connectivity index (χ1v) is 7.63. The average Bonchev–Trinajstić information content (AvgIpc) is 2.36. The fourth-order valence-electron chi connectivity index (χ4n) is 3.32. The summed E-state index contributed by atoms with van der Waals surface area (Å²) >= 11 is 0. The van der Waals surface area contributed by atoms with E-state index in [1.54, 1.807) is 0 Å². The van der Waals surface area contributed by atoms with E-state index in [4.69, 9.17) is 0 Å². The fraction of sp³-hybridized carbons (Fsp3) is 1.00. The van der Waals surface area contributed by atoms with Crippen LogP contribution in [-0.2, 0) is 0 Å². The lowest BCUT2D eigenvalue weighted by atomic mass is 9.97. The molecule has 3 nitrogen and oxygen atoms in total. The summed E-state index contributed by atoms with van der Waals surface area (Å²) in [4.78, 5) is 3.88. The molecule has 0 aromatic carbocycles. The van der Waals surface area contributed by atoms with E-state index < -0.39 is 12.7 Å². The molecule has 2 saturated heterocycles. The first-order chi connectivity index (χ1) is 9.42. The molecule has 2 heterocycles. The van der Waals surface area contributed by atoms with Gasteiger partial charge in [0, 0.05) is 12.6 Å². The Hall–Kier alpha value is -0.330. The summed E-state index contributed by atoms with van der Waals surface area (Å²) in [5.41, 5.74) is 0. The summed E-state index contributed by atoms with van der Waals surface area (Å²) in [6.45, 7) is 3.69. The number of rotatable bonds is 4. The number of halogens is 3. The molecule has 0 radical (unpaired) electrons. The Morgan fingerprint density at radius 3 is 2.40 bits per heavy atom. The van der Waals surface area contributed by atoms with Gasteiger partial charge in [0.15, 0.2) is 0 Å². The highest BCUT2D eigenvalue weighted by molar-refractivity contribution is 4.80. The van der Waals surface area contributed by atoms with Crippen molar-refractivity contribution in [1.82, 2.24) is 15.1 Å². The maximum Gasteiger partial charge on any atom is 0.401 e. The van der Waals surface area contributed by atoms with Gasteiger partial charge in [-0.25, -0.2) is 0 Å². The van der Waals surface area contributed by atoms with Crippen molar-refractivity contribution in [3.8, 4) is 0 Å². The van der Waals surface area contributed by atoms with Crippen molar-refractivity contribution in [3.05, 3.63) is 0 Å². The van der Waals surface area contributed by atoms with E-state index in [1.807, 2.05) is 0 Å². The van der Waals surface area contributed by atoms with Crippen molar-refractivity contribution < 1.29 is 13.2 Å². The lowest BCUT2D eigenvalue weighted by molar-refractivity contribution is -0.148. The van der Waals surface area contributed by atoms with Gasteiger partial charge in [-0.3, -0.25) is 4.90 Å². The molecule has 0 spiro atoms. The van der Waals surface area contributed by atoms with Crippen molar-refractivity contribution >= 4 is 0 Å². The van der Waals surface area contributed by atoms with E-state index in [9.17, 15) is 13.2 Å². The summed E-state index contributed by atoms with van der Waals surface area (Å²) in [5.74, 6) is 0.696. The molecule has 1 N–H and O–H groups in total. The molecule has 2 fully saturated rings. The van der Waals surface area contributed by atoms with Gasteiger partial charge >= 0.3 is 6.18 Å². The summed E-state index contributed by atoms with van der Waals surface area (Å²) in [7, 11) is 2.15. The van der Waals surface area contributed by atoms with Crippen molar-refractivity contribution in [3.63, 3.8) is 0 Å². The Kier molecular flexibility index (Phi) is 5.69. The van der Waals surface area contributed by atoms with Crippen LogP contribution in [0.2, 0.25) is 0 Å². The molecule has 2 aliphatic heterocycles. The molecule has 0 bridgehead atoms. The minimum atomic E-state index is -4.06. The Labute approximate surface area is 119 Å². The number of piperidine rings is 2. The standard InChI is InChI=1S/C14H26F3N3/c1-19-6-2-3-12(10-19)9-18-13-4-7-20(8-5-13)11-14(15,16)17/h12-13,18H,2-11H2,1H3. The maximum atomic E-state index is 12.3. The minimum Gasteiger partial charge on any atom is -0.314 e. The Morgan fingerprint density at radius 2 is 1.80 bits per heavy atom. The van der Waals surface area contributed by atoms with Crippen LogP contribution in [0.3, 0.4) is 0 Å². The van der Waals surface area contributed by atoms with Gasteiger partial charge in [0.1, 0.15) is 0 Å². The Morgan fingerprint density at radius 1 is 1.10 bits per heavy atom. The number of nitrogens with one attached hydrogen (secondary N) is 1. The van der Waals surface area contributed by atoms with E-state index in [1.165, 1.54) is 24.3 Å². The van der Waals surface area contributed by atoms with Crippen LogP contribution in [0, 0.1) is 5.92 Å². The molecule has 1 atom stereocenters. The first-order valence-electron chi connectivity index (χ1n) is 7.63. The van der Waals surface area contributed by atoms with Crippen LogP contribution >= 0.6 is 0 Å². The van der Waals surface area contributed by atoms with Crippen molar-refractivity contribution in [2.45, 2.75) is 37.9 Å². The van der Waals surface area contributed by atoms with Gasteiger partial charge in [-0.2, -0.15) is 13.2 Å². The Bertz CT molecular complexity index is 288. The molecule has 1 unspecified atom stereocenters. The minimum absolute atomic E-state index is 0.395. The zero-order valence-corrected chi connectivity index (χ0v) is 12.3. The van der Waals surface area contributed by atoms with Gasteiger partial charge in [-0.05, 0) is 64.8 Å². The number of hydrogen-bond donors (Lipinski definition) is 1. The second-order valence-electron chi connectivity index (χ2n) is 6.34. The van der Waals surface area contributed by atoms with Crippen LogP contribution in [0.4, 0.5) is 13.2 Å². The van der Waals surface area contributed by atoms with Gasteiger partial charge < -0.3 is 10.2 Å². The van der Waals surface area contributed by atoms with Gasteiger partial charge in [-0.1, -0.05) is 0 Å². The molecule has 0 amide bonds. The summed E-state index contributed by atoms with van der Waals surface area (Å²) < 4.78 is 36.9. The number of nitrogens with zero attached hydrogens (tertiary/aromatic N) is 2. The van der Waals surface area contributed by atoms with Crippen LogP contribution < -0.4 is 5.32 Å². The van der Waals surface area contributed by atoms with Crippen LogP contribution in [0.25, 0.3) is 0 Å². The number of hydrogen-bond acceptors (Lipinski definition) is 3. The van der Waals surface area contributed by atoms with Gasteiger partial charge in [-0.15, -0.1) is 0 Å². The highest BCUT2D eigenvalue weighted by atomic mass is 19.4. The second kappa shape index (κ2) is 7.09. The zero-order chi connectivity index (χ0) is 14.6. The molecule has 2 rings (SSSR count). The van der Waals surface area contributed by atoms with Crippen molar-refractivity contribution in [1.29, 1.82) is 0 Å². The smallest absolute Gasteiger partial charge is 0.314 e. The fourth-order valence-corrected chi connectivity index (χ4v) is 3.32. The van der Waals surface area contributed by atoms with Crippen molar-refractivity contribution in [2.24, 2.45) is 5.92 Å². The van der Waals surface area contributed by atoms with Crippen LogP contribution in [0.1, 0.15) is 25.7 Å². The van der Waals surface area contributed by atoms with E-state index in [0.29, 0.717) is 25.0 Å². The summed E-state index contributed by atoms with van der Waals surface area (Å²) in [6.07, 6.45) is 0.126. The molecule has 6 heteroatoms. The van der Waals surface area contributed by atoms with Crippen LogP contribution in [0.5, 0.6) is 0 Å². The monoisotopic (exact) mass is 293 g/mol.